The second-order valence-corrected chi connectivity index (χ2v) is 4.65. The molecule has 92 valence electrons. The van der Waals surface area contributed by atoms with Crippen molar-refractivity contribution in [2.45, 2.75) is 12.3 Å². The molecule has 1 aliphatic rings. The second kappa shape index (κ2) is 4.84. The number of hydrogen-bond acceptors (Lipinski definition) is 2. The van der Waals surface area contributed by atoms with E-state index in [2.05, 4.69) is 0 Å². The Morgan fingerprint density at radius 1 is 1.41 bits per heavy atom. The fraction of sp³-hybridized carbons (Fsp3) is 0.462. The van der Waals surface area contributed by atoms with Crippen LogP contribution >= 0.6 is 0 Å². The Balaban J connectivity index is 2.23. The average Bonchev–Trinajstić information content (AvgIpc) is 2.30. The van der Waals surface area contributed by atoms with Gasteiger partial charge in [0.05, 0.1) is 5.92 Å². The lowest BCUT2D eigenvalue weighted by molar-refractivity contribution is -0.144. The van der Waals surface area contributed by atoms with Crippen LogP contribution in [0.2, 0.25) is 0 Å². The molecule has 2 atom stereocenters. The summed E-state index contributed by atoms with van der Waals surface area (Å²) >= 11 is 0. The Labute approximate surface area is 99.9 Å². The summed E-state index contributed by atoms with van der Waals surface area (Å²) in [5, 5.41) is 9.24. The minimum atomic E-state index is -0.772. The van der Waals surface area contributed by atoms with E-state index in [-0.39, 0.29) is 11.7 Å². The highest BCUT2D eigenvalue weighted by molar-refractivity contribution is 5.72. The van der Waals surface area contributed by atoms with Crippen molar-refractivity contribution in [3.05, 3.63) is 35.6 Å². The predicted molar refractivity (Wildman–Crippen MR) is 62.4 cm³/mol. The molecule has 1 saturated heterocycles. The van der Waals surface area contributed by atoms with Crippen LogP contribution in [0.25, 0.3) is 0 Å². The standard InChI is InChI=1S/C13H16FNO2/c1-15-7-6-11(12(8-15)13(16)17)9-2-4-10(14)5-3-9/h2-5,11-12H,6-8H2,1H3,(H,16,17)/t11-,12-/m0/s1. The summed E-state index contributed by atoms with van der Waals surface area (Å²) < 4.78 is 12.8. The fourth-order valence-electron chi connectivity index (χ4n) is 2.47. The number of aliphatic carboxylic acids is 1. The Bertz CT molecular complexity index is 404. The van der Waals surface area contributed by atoms with Crippen LogP contribution in [0.3, 0.4) is 0 Å². The van der Waals surface area contributed by atoms with E-state index in [9.17, 15) is 14.3 Å². The van der Waals surface area contributed by atoms with Crippen molar-refractivity contribution >= 4 is 5.97 Å². The first-order chi connectivity index (χ1) is 8.08. The third-order valence-corrected chi connectivity index (χ3v) is 3.43. The highest BCUT2D eigenvalue weighted by Gasteiger charge is 2.33. The molecule has 1 fully saturated rings. The molecule has 0 bridgehead atoms. The molecular formula is C13H16FNO2. The van der Waals surface area contributed by atoms with Crippen LogP contribution in [0.4, 0.5) is 4.39 Å². The molecule has 0 aliphatic carbocycles. The largest absolute Gasteiger partial charge is 0.481 e. The van der Waals surface area contributed by atoms with Gasteiger partial charge < -0.3 is 10.0 Å². The van der Waals surface area contributed by atoms with E-state index in [0.29, 0.717) is 6.54 Å². The van der Waals surface area contributed by atoms with E-state index in [1.54, 1.807) is 12.1 Å². The molecule has 1 N–H and O–H groups in total. The molecular weight excluding hydrogens is 221 g/mol. The molecule has 1 heterocycles. The molecule has 0 spiro atoms. The summed E-state index contributed by atoms with van der Waals surface area (Å²) in [5.74, 6) is -1.47. The van der Waals surface area contributed by atoms with Crippen LogP contribution in [0, 0.1) is 11.7 Å². The summed E-state index contributed by atoms with van der Waals surface area (Å²) in [7, 11) is 1.93. The van der Waals surface area contributed by atoms with E-state index in [0.717, 1.165) is 18.5 Å². The Kier molecular flexibility index (Phi) is 3.43. The molecule has 0 amide bonds. The van der Waals surface area contributed by atoms with Crippen LogP contribution < -0.4 is 0 Å². The summed E-state index contributed by atoms with van der Waals surface area (Å²) in [6.45, 7) is 1.43. The topological polar surface area (TPSA) is 40.5 Å². The molecule has 0 unspecified atom stereocenters. The first kappa shape index (κ1) is 12.0. The van der Waals surface area contributed by atoms with E-state index in [1.807, 2.05) is 11.9 Å². The van der Waals surface area contributed by atoms with Gasteiger partial charge in [0.25, 0.3) is 0 Å². The number of nitrogens with zero attached hydrogens (tertiary/aromatic N) is 1. The van der Waals surface area contributed by atoms with Gasteiger partial charge in [-0.3, -0.25) is 4.79 Å². The third-order valence-electron chi connectivity index (χ3n) is 3.43. The lowest BCUT2D eigenvalue weighted by atomic mass is 9.80. The quantitative estimate of drug-likeness (QED) is 0.854. The zero-order chi connectivity index (χ0) is 12.4. The first-order valence-electron chi connectivity index (χ1n) is 5.74. The van der Waals surface area contributed by atoms with Gasteiger partial charge in [-0.15, -0.1) is 0 Å². The number of halogens is 1. The van der Waals surface area contributed by atoms with Gasteiger partial charge in [0.1, 0.15) is 5.82 Å². The Morgan fingerprint density at radius 3 is 2.65 bits per heavy atom. The Morgan fingerprint density at radius 2 is 2.06 bits per heavy atom. The fourth-order valence-corrected chi connectivity index (χ4v) is 2.47. The molecule has 0 aromatic heterocycles. The molecule has 1 aromatic carbocycles. The van der Waals surface area contributed by atoms with Crippen molar-refractivity contribution in [3.63, 3.8) is 0 Å². The van der Waals surface area contributed by atoms with Crippen molar-refractivity contribution in [1.29, 1.82) is 0 Å². The molecule has 4 heteroatoms. The Hall–Kier alpha value is -1.42. The third kappa shape index (κ3) is 2.64. The minimum Gasteiger partial charge on any atom is -0.481 e. The summed E-state index contributed by atoms with van der Waals surface area (Å²) in [6, 6.07) is 6.18. The second-order valence-electron chi connectivity index (χ2n) is 4.65. The molecule has 17 heavy (non-hydrogen) atoms. The van der Waals surface area contributed by atoms with Crippen LogP contribution in [-0.2, 0) is 4.79 Å². The number of carbonyl (C=O) groups is 1. The smallest absolute Gasteiger partial charge is 0.308 e. The normalized spacial score (nSPS) is 25.8. The summed E-state index contributed by atoms with van der Waals surface area (Å²) in [5.41, 5.74) is 0.923. The maximum atomic E-state index is 12.8. The first-order valence-corrected chi connectivity index (χ1v) is 5.74. The molecule has 1 aromatic rings. The average molecular weight is 237 g/mol. The van der Waals surface area contributed by atoms with Crippen LogP contribution in [0.15, 0.2) is 24.3 Å². The summed E-state index contributed by atoms with van der Waals surface area (Å²) in [6.07, 6.45) is 0.805. The van der Waals surface area contributed by atoms with Crippen LogP contribution in [0.5, 0.6) is 0 Å². The number of likely N-dealkylation sites (tertiary alicyclic amines) is 1. The number of rotatable bonds is 2. The van der Waals surface area contributed by atoms with Crippen molar-refractivity contribution in [2.75, 3.05) is 20.1 Å². The molecule has 0 saturated carbocycles. The van der Waals surface area contributed by atoms with Gasteiger partial charge >= 0.3 is 5.97 Å². The van der Waals surface area contributed by atoms with E-state index >= 15 is 0 Å². The number of carboxylic acids is 1. The lowest BCUT2D eigenvalue weighted by Gasteiger charge is -2.34. The van der Waals surface area contributed by atoms with Crippen molar-refractivity contribution in [3.8, 4) is 0 Å². The zero-order valence-electron chi connectivity index (χ0n) is 9.77. The van der Waals surface area contributed by atoms with Crippen molar-refractivity contribution < 1.29 is 14.3 Å². The highest BCUT2D eigenvalue weighted by Crippen LogP contribution is 2.32. The monoisotopic (exact) mass is 237 g/mol. The van der Waals surface area contributed by atoms with Gasteiger partial charge in [-0.1, -0.05) is 12.1 Å². The maximum absolute atomic E-state index is 12.8. The van der Waals surface area contributed by atoms with E-state index < -0.39 is 11.9 Å². The molecule has 0 radical (unpaired) electrons. The van der Waals surface area contributed by atoms with Gasteiger partial charge in [0.15, 0.2) is 0 Å². The zero-order valence-corrected chi connectivity index (χ0v) is 9.77. The van der Waals surface area contributed by atoms with Gasteiger partial charge in [-0.2, -0.15) is 0 Å². The minimum absolute atomic E-state index is 0.00991. The van der Waals surface area contributed by atoms with Crippen molar-refractivity contribution in [2.24, 2.45) is 5.92 Å². The summed E-state index contributed by atoms with van der Waals surface area (Å²) in [4.78, 5) is 13.3. The van der Waals surface area contributed by atoms with Gasteiger partial charge in [0.2, 0.25) is 0 Å². The lowest BCUT2D eigenvalue weighted by Crippen LogP contribution is -2.40. The molecule has 2 rings (SSSR count). The predicted octanol–water partition coefficient (Wildman–Crippen LogP) is 1.95. The van der Waals surface area contributed by atoms with Gasteiger partial charge in [-0.25, -0.2) is 4.39 Å². The van der Waals surface area contributed by atoms with Gasteiger partial charge in [-0.05, 0) is 43.6 Å². The highest BCUT2D eigenvalue weighted by atomic mass is 19.1. The SMILES string of the molecule is CN1CC[C@@H](c2ccc(F)cc2)[C@@H](C(=O)O)C1. The number of piperidine rings is 1. The van der Waals surface area contributed by atoms with E-state index in [1.165, 1.54) is 12.1 Å². The maximum Gasteiger partial charge on any atom is 0.308 e. The number of carboxylic acid groups (broad SMARTS) is 1. The van der Waals surface area contributed by atoms with Crippen molar-refractivity contribution in [1.82, 2.24) is 4.90 Å². The number of benzene rings is 1. The number of hydrogen-bond donors (Lipinski definition) is 1. The van der Waals surface area contributed by atoms with E-state index in [4.69, 9.17) is 0 Å². The van der Waals surface area contributed by atoms with Crippen LogP contribution in [-0.4, -0.2) is 36.1 Å². The van der Waals surface area contributed by atoms with Gasteiger partial charge in [0, 0.05) is 6.54 Å². The molecule has 1 aliphatic heterocycles. The molecule has 3 nitrogen and oxygen atoms in total. The van der Waals surface area contributed by atoms with Crippen LogP contribution in [0.1, 0.15) is 17.9 Å².